The number of hydrogen-bond acceptors (Lipinski definition) is 3. The van der Waals surface area contributed by atoms with E-state index in [0.717, 1.165) is 19.4 Å². The zero-order chi connectivity index (χ0) is 14.3. The standard InChI is InChI=1S/C16H28N2O/c1-4-5-9-18(10-11-19)16(14(3)17)15-8-6-7-13(2)12-15/h6-8,12,14,16,19H,4-5,9-11,17H2,1-3H3. The van der Waals surface area contributed by atoms with Crippen LogP contribution in [0.1, 0.15) is 43.9 Å². The van der Waals surface area contributed by atoms with E-state index in [2.05, 4.69) is 43.0 Å². The van der Waals surface area contributed by atoms with Crippen LogP contribution in [0.3, 0.4) is 0 Å². The molecule has 19 heavy (non-hydrogen) atoms. The van der Waals surface area contributed by atoms with Crippen LogP contribution in [0.5, 0.6) is 0 Å². The predicted molar refractivity (Wildman–Crippen MR) is 81.1 cm³/mol. The lowest BCUT2D eigenvalue weighted by atomic mass is 9.97. The summed E-state index contributed by atoms with van der Waals surface area (Å²) in [5, 5.41) is 9.29. The average Bonchev–Trinajstić information content (AvgIpc) is 2.36. The minimum atomic E-state index is 0.0465. The van der Waals surface area contributed by atoms with Gasteiger partial charge in [-0.2, -0.15) is 0 Å². The van der Waals surface area contributed by atoms with Gasteiger partial charge in [0.25, 0.3) is 0 Å². The third-order valence-electron chi connectivity index (χ3n) is 3.46. The number of aliphatic hydroxyl groups excluding tert-OH is 1. The summed E-state index contributed by atoms with van der Waals surface area (Å²) in [6, 6.07) is 8.74. The van der Waals surface area contributed by atoms with E-state index in [1.807, 2.05) is 6.92 Å². The molecule has 108 valence electrons. The number of nitrogens with zero attached hydrogens (tertiary/aromatic N) is 1. The Labute approximate surface area is 117 Å². The normalized spacial score (nSPS) is 14.6. The van der Waals surface area contributed by atoms with Gasteiger partial charge in [-0.3, -0.25) is 4.90 Å². The summed E-state index contributed by atoms with van der Waals surface area (Å²) in [5.74, 6) is 0. The Morgan fingerprint density at radius 2 is 2.05 bits per heavy atom. The number of aliphatic hydroxyl groups is 1. The Hall–Kier alpha value is -0.900. The fourth-order valence-electron chi connectivity index (χ4n) is 2.58. The molecule has 2 unspecified atom stereocenters. The second-order valence-electron chi connectivity index (χ2n) is 5.33. The van der Waals surface area contributed by atoms with Crippen LogP contribution in [0.4, 0.5) is 0 Å². The first-order chi connectivity index (χ1) is 9.10. The van der Waals surface area contributed by atoms with Gasteiger partial charge in [-0.25, -0.2) is 0 Å². The lowest BCUT2D eigenvalue weighted by molar-refractivity contribution is 0.135. The molecule has 0 bridgehead atoms. The summed E-state index contributed by atoms with van der Waals surface area (Å²) in [5.41, 5.74) is 8.70. The van der Waals surface area contributed by atoms with Crippen LogP contribution in [0, 0.1) is 6.92 Å². The second kappa shape index (κ2) is 8.31. The Morgan fingerprint density at radius 3 is 2.58 bits per heavy atom. The number of nitrogens with two attached hydrogens (primary N) is 1. The lowest BCUT2D eigenvalue weighted by Gasteiger charge is -2.34. The fourth-order valence-corrected chi connectivity index (χ4v) is 2.58. The zero-order valence-electron chi connectivity index (χ0n) is 12.5. The van der Waals surface area contributed by atoms with E-state index in [1.54, 1.807) is 0 Å². The van der Waals surface area contributed by atoms with Crippen molar-refractivity contribution in [1.29, 1.82) is 0 Å². The number of hydrogen-bond donors (Lipinski definition) is 2. The first kappa shape index (κ1) is 16.2. The van der Waals surface area contributed by atoms with E-state index < -0.39 is 0 Å². The molecule has 0 fully saturated rings. The van der Waals surface area contributed by atoms with Crippen molar-refractivity contribution in [2.75, 3.05) is 19.7 Å². The van der Waals surface area contributed by atoms with E-state index in [-0.39, 0.29) is 18.7 Å². The molecule has 1 aromatic rings. The third-order valence-corrected chi connectivity index (χ3v) is 3.46. The lowest BCUT2D eigenvalue weighted by Crippen LogP contribution is -2.41. The number of benzene rings is 1. The van der Waals surface area contributed by atoms with Crippen LogP contribution in [0.15, 0.2) is 24.3 Å². The molecule has 0 radical (unpaired) electrons. The van der Waals surface area contributed by atoms with Gasteiger partial charge >= 0.3 is 0 Å². The molecule has 1 aromatic carbocycles. The highest BCUT2D eigenvalue weighted by Gasteiger charge is 2.23. The molecule has 0 aliphatic heterocycles. The maximum absolute atomic E-state index is 9.29. The van der Waals surface area contributed by atoms with Gasteiger partial charge in [-0.05, 0) is 32.4 Å². The molecule has 0 aliphatic carbocycles. The molecule has 2 atom stereocenters. The van der Waals surface area contributed by atoms with Gasteiger partial charge in [-0.15, -0.1) is 0 Å². The smallest absolute Gasteiger partial charge is 0.0558 e. The van der Waals surface area contributed by atoms with E-state index in [9.17, 15) is 5.11 Å². The molecule has 0 saturated heterocycles. The third kappa shape index (κ3) is 4.94. The SMILES string of the molecule is CCCCN(CCO)C(c1cccc(C)c1)C(C)N. The summed E-state index contributed by atoms with van der Waals surface area (Å²) in [7, 11) is 0. The molecule has 3 nitrogen and oxygen atoms in total. The zero-order valence-corrected chi connectivity index (χ0v) is 12.5. The van der Waals surface area contributed by atoms with E-state index in [4.69, 9.17) is 5.73 Å². The Morgan fingerprint density at radius 1 is 1.32 bits per heavy atom. The highest BCUT2D eigenvalue weighted by atomic mass is 16.3. The summed E-state index contributed by atoms with van der Waals surface area (Å²) in [6.45, 7) is 8.17. The summed E-state index contributed by atoms with van der Waals surface area (Å²) < 4.78 is 0. The van der Waals surface area contributed by atoms with Crippen LogP contribution >= 0.6 is 0 Å². The molecule has 0 heterocycles. The molecule has 1 rings (SSSR count). The predicted octanol–water partition coefficient (Wildman–Crippen LogP) is 2.48. The second-order valence-corrected chi connectivity index (χ2v) is 5.33. The average molecular weight is 264 g/mol. The van der Waals surface area contributed by atoms with Crippen LogP contribution < -0.4 is 5.73 Å². The molecule has 0 aliphatic rings. The summed E-state index contributed by atoms with van der Waals surface area (Å²) in [4.78, 5) is 2.31. The Balaban J connectivity index is 2.95. The van der Waals surface area contributed by atoms with Crippen molar-refractivity contribution < 1.29 is 5.11 Å². The van der Waals surface area contributed by atoms with E-state index in [0.29, 0.717) is 6.54 Å². The van der Waals surface area contributed by atoms with Gasteiger partial charge in [0, 0.05) is 18.6 Å². The first-order valence-electron chi connectivity index (χ1n) is 7.27. The molecule has 3 N–H and O–H groups in total. The van der Waals surface area contributed by atoms with Gasteiger partial charge in [0.2, 0.25) is 0 Å². The van der Waals surface area contributed by atoms with E-state index >= 15 is 0 Å². The number of rotatable bonds is 8. The summed E-state index contributed by atoms with van der Waals surface area (Å²) in [6.07, 6.45) is 2.29. The minimum absolute atomic E-state index is 0.0465. The molecule has 0 amide bonds. The molecular weight excluding hydrogens is 236 g/mol. The van der Waals surface area contributed by atoms with Crippen molar-refractivity contribution in [1.82, 2.24) is 4.90 Å². The van der Waals surface area contributed by atoms with Crippen molar-refractivity contribution in [3.05, 3.63) is 35.4 Å². The van der Waals surface area contributed by atoms with Gasteiger partial charge < -0.3 is 10.8 Å². The van der Waals surface area contributed by atoms with Gasteiger partial charge in [0.1, 0.15) is 0 Å². The molecule has 0 spiro atoms. The van der Waals surface area contributed by atoms with Crippen LogP contribution in [-0.4, -0.2) is 35.7 Å². The number of aryl methyl sites for hydroxylation is 1. The topological polar surface area (TPSA) is 49.5 Å². The highest BCUT2D eigenvalue weighted by Crippen LogP contribution is 2.24. The number of unbranched alkanes of at least 4 members (excludes halogenated alkanes) is 1. The van der Waals surface area contributed by atoms with Crippen LogP contribution in [0.2, 0.25) is 0 Å². The molecule has 0 aromatic heterocycles. The molecule has 3 heteroatoms. The Bertz CT molecular complexity index is 366. The summed E-state index contributed by atoms with van der Waals surface area (Å²) >= 11 is 0. The van der Waals surface area contributed by atoms with Crippen molar-refractivity contribution in [3.8, 4) is 0 Å². The fraction of sp³-hybridized carbons (Fsp3) is 0.625. The monoisotopic (exact) mass is 264 g/mol. The molecule has 0 saturated carbocycles. The maximum atomic E-state index is 9.29. The highest BCUT2D eigenvalue weighted by molar-refractivity contribution is 5.26. The molecular formula is C16H28N2O. The van der Waals surface area contributed by atoms with Gasteiger partial charge in [-0.1, -0.05) is 43.2 Å². The van der Waals surface area contributed by atoms with Crippen molar-refractivity contribution >= 4 is 0 Å². The minimum Gasteiger partial charge on any atom is -0.395 e. The van der Waals surface area contributed by atoms with Gasteiger partial charge in [0.15, 0.2) is 0 Å². The van der Waals surface area contributed by atoms with Crippen LogP contribution in [0.25, 0.3) is 0 Å². The van der Waals surface area contributed by atoms with Crippen LogP contribution in [-0.2, 0) is 0 Å². The van der Waals surface area contributed by atoms with Crippen molar-refractivity contribution in [3.63, 3.8) is 0 Å². The van der Waals surface area contributed by atoms with Gasteiger partial charge in [0.05, 0.1) is 6.61 Å². The maximum Gasteiger partial charge on any atom is 0.0558 e. The Kier molecular flexibility index (Phi) is 7.06. The van der Waals surface area contributed by atoms with Crippen molar-refractivity contribution in [2.45, 2.75) is 45.7 Å². The first-order valence-corrected chi connectivity index (χ1v) is 7.27. The quantitative estimate of drug-likeness (QED) is 0.758. The van der Waals surface area contributed by atoms with Crippen molar-refractivity contribution in [2.24, 2.45) is 5.73 Å². The largest absolute Gasteiger partial charge is 0.395 e. The van der Waals surface area contributed by atoms with E-state index in [1.165, 1.54) is 11.1 Å².